The van der Waals surface area contributed by atoms with Crippen LogP contribution in [-0.4, -0.2) is 5.91 Å². The Balaban J connectivity index is 2.21. The highest BCUT2D eigenvalue weighted by Gasteiger charge is 2.08. The number of hydrogen-bond donors (Lipinski definition) is 2. The predicted octanol–water partition coefficient (Wildman–Crippen LogP) is 2.97. The van der Waals surface area contributed by atoms with E-state index >= 15 is 0 Å². The highest BCUT2D eigenvalue weighted by Crippen LogP contribution is 2.20. The van der Waals surface area contributed by atoms with Gasteiger partial charge in [0.05, 0.1) is 11.4 Å². The van der Waals surface area contributed by atoms with Crippen LogP contribution in [0.25, 0.3) is 0 Å². The van der Waals surface area contributed by atoms with E-state index in [0.717, 1.165) is 5.56 Å². The standard InChI is InChI=1S/C14H13FN2O/c1-9-2-4-10(5-3-9)14(18)17-13-8-11(15)6-7-12(13)16/h2-8H,16H2,1H3,(H,17,18). The second-order valence-corrected chi connectivity index (χ2v) is 4.05. The maximum absolute atomic E-state index is 13.0. The fourth-order valence-electron chi connectivity index (χ4n) is 1.54. The number of amides is 1. The molecule has 0 saturated heterocycles. The second-order valence-electron chi connectivity index (χ2n) is 4.05. The van der Waals surface area contributed by atoms with Crippen LogP contribution < -0.4 is 11.1 Å². The van der Waals surface area contributed by atoms with Gasteiger partial charge in [-0.3, -0.25) is 4.79 Å². The number of hydrogen-bond acceptors (Lipinski definition) is 2. The van der Waals surface area contributed by atoms with Crippen molar-refractivity contribution in [3.63, 3.8) is 0 Å². The van der Waals surface area contributed by atoms with Gasteiger partial charge in [0.15, 0.2) is 0 Å². The summed E-state index contributed by atoms with van der Waals surface area (Å²) < 4.78 is 13.0. The quantitative estimate of drug-likeness (QED) is 0.798. The molecule has 0 atom stereocenters. The van der Waals surface area contributed by atoms with Gasteiger partial charge in [-0.1, -0.05) is 17.7 Å². The lowest BCUT2D eigenvalue weighted by Gasteiger charge is -2.08. The average Bonchev–Trinajstić information content (AvgIpc) is 2.34. The molecule has 2 aromatic carbocycles. The zero-order chi connectivity index (χ0) is 13.1. The van der Waals surface area contributed by atoms with Crippen molar-refractivity contribution in [2.75, 3.05) is 11.1 Å². The van der Waals surface area contributed by atoms with E-state index in [1.807, 2.05) is 19.1 Å². The van der Waals surface area contributed by atoms with E-state index in [9.17, 15) is 9.18 Å². The van der Waals surface area contributed by atoms with Crippen LogP contribution in [0.4, 0.5) is 15.8 Å². The van der Waals surface area contributed by atoms with Crippen LogP contribution in [0, 0.1) is 12.7 Å². The minimum absolute atomic E-state index is 0.278. The summed E-state index contributed by atoms with van der Waals surface area (Å²) in [5.41, 5.74) is 7.84. The molecule has 3 nitrogen and oxygen atoms in total. The van der Waals surface area contributed by atoms with Gasteiger partial charge in [-0.25, -0.2) is 4.39 Å². The van der Waals surface area contributed by atoms with Crippen LogP contribution in [0.15, 0.2) is 42.5 Å². The molecule has 18 heavy (non-hydrogen) atoms. The summed E-state index contributed by atoms with van der Waals surface area (Å²) in [5, 5.41) is 2.58. The third kappa shape index (κ3) is 2.66. The summed E-state index contributed by atoms with van der Waals surface area (Å²) >= 11 is 0. The summed E-state index contributed by atoms with van der Waals surface area (Å²) in [7, 11) is 0. The molecule has 0 spiro atoms. The first-order chi connectivity index (χ1) is 8.56. The minimum Gasteiger partial charge on any atom is -0.397 e. The van der Waals surface area contributed by atoms with E-state index in [2.05, 4.69) is 5.32 Å². The molecule has 0 aliphatic heterocycles. The Morgan fingerprint density at radius 3 is 2.50 bits per heavy atom. The Hall–Kier alpha value is -2.36. The van der Waals surface area contributed by atoms with Gasteiger partial charge in [0, 0.05) is 5.56 Å². The van der Waals surface area contributed by atoms with Crippen molar-refractivity contribution in [3.8, 4) is 0 Å². The van der Waals surface area contributed by atoms with Gasteiger partial charge >= 0.3 is 0 Å². The van der Waals surface area contributed by atoms with Crippen LogP contribution in [0.3, 0.4) is 0 Å². The molecular weight excluding hydrogens is 231 g/mol. The summed E-state index contributed by atoms with van der Waals surface area (Å²) in [5.74, 6) is -0.754. The van der Waals surface area contributed by atoms with Crippen molar-refractivity contribution in [1.82, 2.24) is 0 Å². The molecule has 92 valence electrons. The fourth-order valence-corrected chi connectivity index (χ4v) is 1.54. The van der Waals surface area contributed by atoms with E-state index in [0.29, 0.717) is 11.3 Å². The second kappa shape index (κ2) is 4.87. The molecule has 0 radical (unpaired) electrons. The molecule has 3 N–H and O–H groups in total. The lowest BCUT2D eigenvalue weighted by atomic mass is 10.1. The maximum Gasteiger partial charge on any atom is 0.255 e. The van der Waals surface area contributed by atoms with Crippen LogP contribution >= 0.6 is 0 Å². The normalized spacial score (nSPS) is 10.1. The third-order valence-corrected chi connectivity index (χ3v) is 2.58. The van der Waals surface area contributed by atoms with Crippen molar-refractivity contribution in [1.29, 1.82) is 0 Å². The zero-order valence-corrected chi connectivity index (χ0v) is 9.91. The first kappa shape index (κ1) is 12.1. The van der Waals surface area contributed by atoms with Crippen molar-refractivity contribution >= 4 is 17.3 Å². The van der Waals surface area contributed by atoms with Crippen LogP contribution in [0.5, 0.6) is 0 Å². The SMILES string of the molecule is Cc1ccc(C(=O)Nc2cc(F)ccc2N)cc1. The van der Waals surface area contributed by atoms with Gasteiger partial charge in [0.2, 0.25) is 0 Å². The third-order valence-electron chi connectivity index (χ3n) is 2.58. The number of carbonyl (C=O) groups is 1. The molecule has 0 aliphatic rings. The molecule has 1 amide bonds. The number of carbonyl (C=O) groups excluding carboxylic acids is 1. The highest BCUT2D eigenvalue weighted by atomic mass is 19.1. The minimum atomic E-state index is -0.441. The Kier molecular flexibility index (Phi) is 3.28. The molecule has 2 aromatic rings. The monoisotopic (exact) mass is 244 g/mol. The molecular formula is C14H13FN2O. The zero-order valence-electron chi connectivity index (χ0n) is 9.91. The lowest BCUT2D eigenvalue weighted by Crippen LogP contribution is -2.13. The van der Waals surface area contributed by atoms with Gasteiger partial charge in [0.25, 0.3) is 5.91 Å². The van der Waals surface area contributed by atoms with Crippen LogP contribution in [0.2, 0.25) is 0 Å². The molecule has 0 bridgehead atoms. The lowest BCUT2D eigenvalue weighted by molar-refractivity contribution is 0.102. The van der Waals surface area contributed by atoms with Crippen LogP contribution in [-0.2, 0) is 0 Å². The smallest absolute Gasteiger partial charge is 0.255 e. The van der Waals surface area contributed by atoms with E-state index in [1.165, 1.54) is 18.2 Å². The summed E-state index contributed by atoms with van der Waals surface area (Å²) in [6, 6.07) is 11.0. The molecule has 0 fully saturated rings. The summed E-state index contributed by atoms with van der Waals surface area (Å²) in [6.45, 7) is 1.94. The average molecular weight is 244 g/mol. The van der Waals surface area contributed by atoms with Gasteiger partial charge in [-0.15, -0.1) is 0 Å². The first-order valence-electron chi connectivity index (χ1n) is 5.49. The summed E-state index contributed by atoms with van der Waals surface area (Å²) in [4.78, 5) is 11.9. The van der Waals surface area contributed by atoms with Gasteiger partial charge < -0.3 is 11.1 Å². The Bertz CT molecular complexity index is 579. The van der Waals surface area contributed by atoms with Crippen molar-refractivity contribution in [2.45, 2.75) is 6.92 Å². The molecule has 4 heteroatoms. The summed E-state index contributed by atoms with van der Waals surface area (Å²) in [6.07, 6.45) is 0. The number of anilines is 2. The number of nitrogen functional groups attached to an aromatic ring is 1. The van der Waals surface area contributed by atoms with Gasteiger partial charge in [-0.05, 0) is 37.3 Å². The van der Waals surface area contributed by atoms with Gasteiger partial charge in [-0.2, -0.15) is 0 Å². The fraction of sp³-hybridized carbons (Fsp3) is 0.0714. The molecule has 0 aliphatic carbocycles. The number of nitrogens with one attached hydrogen (secondary N) is 1. The van der Waals surface area contributed by atoms with E-state index in [-0.39, 0.29) is 11.6 Å². The van der Waals surface area contributed by atoms with E-state index in [4.69, 9.17) is 5.73 Å². The van der Waals surface area contributed by atoms with E-state index < -0.39 is 5.82 Å². The van der Waals surface area contributed by atoms with Gasteiger partial charge in [0.1, 0.15) is 5.82 Å². The maximum atomic E-state index is 13.0. The topological polar surface area (TPSA) is 55.1 Å². The molecule has 0 aromatic heterocycles. The number of nitrogens with two attached hydrogens (primary N) is 1. The number of benzene rings is 2. The highest BCUT2D eigenvalue weighted by molar-refractivity contribution is 6.05. The van der Waals surface area contributed by atoms with Crippen LogP contribution in [0.1, 0.15) is 15.9 Å². The number of aryl methyl sites for hydroxylation is 1. The Labute approximate surface area is 104 Å². The Morgan fingerprint density at radius 1 is 1.17 bits per heavy atom. The molecule has 2 rings (SSSR count). The van der Waals surface area contributed by atoms with E-state index in [1.54, 1.807) is 12.1 Å². The Morgan fingerprint density at radius 2 is 1.83 bits per heavy atom. The number of halogens is 1. The first-order valence-corrected chi connectivity index (χ1v) is 5.49. The molecule has 0 unspecified atom stereocenters. The molecule has 0 heterocycles. The van der Waals surface area contributed by atoms with Crippen molar-refractivity contribution in [3.05, 3.63) is 59.4 Å². The molecule has 0 saturated carbocycles. The van der Waals surface area contributed by atoms with Crippen molar-refractivity contribution in [2.24, 2.45) is 0 Å². The number of rotatable bonds is 2. The predicted molar refractivity (Wildman–Crippen MR) is 69.9 cm³/mol. The largest absolute Gasteiger partial charge is 0.397 e. The van der Waals surface area contributed by atoms with Crippen molar-refractivity contribution < 1.29 is 9.18 Å².